The van der Waals surface area contributed by atoms with Gasteiger partial charge in [0.2, 0.25) is 11.2 Å². The van der Waals surface area contributed by atoms with Gasteiger partial charge < -0.3 is 14.4 Å². The maximum absolute atomic E-state index is 14.1. The monoisotopic (exact) mass is 532 g/mol. The third-order valence-electron chi connectivity index (χ3n) is 6.47. The maximum atomic E-state index is 14.1. The average Bonchev–Trinajstić information content (AvgIpc) is 2.87. The lowest BCUT2D eigenvalue weighted by atomic mass is 10.00. The molecular weight excluding hydrogens is 512 g/mol. The predicted octanol–water partition coefficient (Wildman–Crippen LogP) is 6.30. The molecule has 0 atom stereocenters. The summed E-state index contributed by atoms with van der Waals surface area (Å²) in [7, 11) is 0. The van der Waals surface area contributed by atoms with Crippen molar-refractivity contribution in [2.24, 2.45) is 0 Å². The van der Waals surface area contributed by atoms with Gasteiger partial charge in [-0.3, -0.25) is 9.69 Å². The number of hydrogen-bond acceptors (Lipinski definition) is 5. The molecule has 0 amide bonds. The number of aromatic hydroxyl groups is 1. The summed E-state index contributed by atoms with van der Waals surface area (Å²) in [6.45, 7) is 2.34. The Bertz CT molecular complexity index is 1490. The molecule has 10 heteroatoms. The third kappa shape index (κ3) is 5.01. The van der Waals surface area contributed by atoms with Gasteiger partial charge in [-0.25, -0.2) is 4.39 Å². The normalized spacial score (nSPS) is 14.9. The molecule has 1 aliphatic heterocycles. The van der Waals surface area contributed by atoms with E-state index in [1.807, 2.05) is 4.90 Å². The van der Waals surface area contributed by atoms with Crippen molar-refractivity contribution in [3.63, 3.8) is 0 Å². The van der Waals surface area contributed by atoms with Crippen molar-refractivity contribution in [2.45, 2.75) is 12.7 Å². The second-order valence-corrected chi connectivity index (χ2v) is 9.26. The first-order valence-corrected chi connectivity index (χ1v) is 11.9. The Hall–Kier alpha value is -3.56. The Labute approximate surface area is 214 Å². The van der Waals surface area contributed by atoms with Crippen molar-refractivity contribution >= 4 is 28.3 Å². The largest absolute Gasteiger partial charge is 0.507 e. The summed E-state index contributed by atoms with van der Waals surface area (Å²) >= 11 is 5.87. The SMILES string of the molecule is O=c1c(-c2ccc(Cl)cc2)c(C(F)(F)F)oc2c(CN3CCN(c4ccc(F)cc4)CC3)c(O)ccc12. The third-order valence-corrected chi connectivity index (χ3v) is 6.73. The molecular formula is C27H21ClF4N2O3. The van der Waals surface area contributed by atoms with Crippen LogP contribution >= 0.6 is 11.6 Å². The Balaban J connectivity index is 1.51. The molecule has 37 heavy (non-hydrogen) atoms. The second kappa shape index (κ2) is 9.72. The molecule has 0 bridgehead atoms. The van der Waals surface area contributed by atoms with Gasteiger partial charge in [0.15, 0.2) is 0 Å². The van der Waals surface area contributed by atoms with E-state index in [2.05, 4.69) is 4.90 Å². The molecule has 4 aromatic rings. The number of hydrogen-bond donors (Lipinski definition) is 1. The molecule has 5 nitrogen and oxygen atoms in total. The zero-order valence-corrected chi connectivity index (χ0v) is 20.1. The van der Waals surface area contributed by atoms with Crippen LogP contribution in [0.5, 0.6) is 5.75 Å². The van der Waals surface area contributed by atoms with Gasteiger partial charge in [-0.05, 0) is 54.1 Å². The highest BCUT2D eigenvalue weighted by Gasteiger charge is 2.40. The van der Waals surface area contributed by atoms with Crippen molar-refractivity contribution in [1.82, 2.24) is 4.90 Å². The summed E-state index contributed by atoms with van der Waals surface area (Å²) in [6, 6.07) is 14.2. The van der Waals surface area contributed by atoms with Crippen LogP contribution in [0.25, 0.3) is 22.1 Å². The van der Waals surface area contributed by atoms with Crippen LogP contribution in [0.3, 0.4) is 0 Å². The molecule has 1 N–H and O–H groups in total. The lowest BCUT2D eigenvalue weighted by molar-refractivity contribution is -0.152. The van der Waals surface area contributed by atoms with Crippen LogP contribution in [-0.4, -0.2) is 36.2 Å². The highest BCUT2D eigenvalue weighted by atomic mass is 35.5. The van der Waals surface area contributed by atoms with Gasteiger partial charge in [0.05, 0.1) is 16.5 Å². The summed E-state index contributed by atoms with van der Waals surface area (Å²) in [4.78, 5) is 17.4. The Morgan fingerprint density at radius 2 is 1.57 bits per heavy atom. The van der Waals surface area contributed by atoms with Gasteiger partial charge in [0.1, 0.15) is 17.1 Å². The van der Waals surface area contributed by atoms with Gasteiger partial charge in [0.25, 0.3) is 0 Å². The summed E-state index contributed by atoms with van der Waals surface area (Å²) in [5, 5.41) is 10.8. The van der Waals surface area contributed by atoms with E-state index >= 15 is 0 Å². The summed E-state index contributed by atoms with van der Waals surface area (Å²) in [5.41, 5.74) is -0.753. The zero-order valence-electron chi connectivity index (χ0n) is 19.4. The molecule has 0 spiro atoms. The van der Waals surface area contributed by atoms with E-state index in [-0.39, 0.29) is 40.2 Å². The second-order valence-electron chi connectivity index (χ2n) is 8.82. The van der Waals surface area contributed by atoms with Crippen LogP contribution in [-0.2, 0) is 12.7 Å². The number of benzene rings is 3. The van der Waals surface area contributed by atoms with Crippen LogP contribution in [0.2, 0.25) is 5.02 Å². The molecule has 0 saturated carbocycles. The van der Waals surface area contributed by atoms with Gasteiger partial charge in [-0.1, -0.05) is 23.7 Å². The number of phenols is 1. The fourth-order valence-electron chi connectivity index (χ4n) is 4.57. The number of halogens is 5. The molecule has 5 rings (SSSR count). The first kappa shape index (κ1) is 25.1. The molecule has 1 saturated heterocycles. The van der Waals surface area contributed by atoms with Gasteiger partial charge >= 0.3 is 6.18 Å². The van der Waals surface area contributed by atoms with Crippen molar-refractivity contribution in [3.05, 3.63) is 93.1 Å². The molecule has 2 heterocycles. The van der Waals surface area contributed by atoms with Crippen molar-refractivity contribution in [1.29, 1.82) is 0 Å². The van der Waals surface area contributed by atoms with E-state index in [1.54, 1.807) is 12.1 Å². The van der Waals surface area contributed by atoms with Gasteiger partial charge in [-0.15, -0.1) is 0 Å². The quantitative estimate of drug-likeness (QED) is 0.313. The molecule has 1 aromatic heterocycles. The molecule has 0 radical (unpaired) electrons. The fraction of sp³-hybridized carbons (Fsp3) is 0.222. The zero-order chi connectivity index (χ0) is 26.3. The van der Waals surface area contributed by atoms with E-state index in [0.29, 0.717) is 31.2 Å². The Morgan fingerprint density at radius 1 is 0.919 bits per heavy atom. The maximum Gasteiger partial charge on any atom is 0.450 e. The summed E-state index contributed by atoms with van der Waals surface area (Å²) in [5.74, 6) is -2.02. The first-order chi connectivity index (χ1) is 17.6. The number of alkyl halides is 3. The summed E-state index contributed by atoms with van der Waals surface area (Å²) < 4.78 is 60.9. The number of anilines is 1. The van der Waals surface area contributed by atoms with Crippen molar-refractivity contribution < 1.29 is 27.1 Å². The van der Waals surface area contributed by atoms with Crippen LogP contribution in [0.1, 0.15) is 11.3 Å². The predicted molar refractivity (Wildman–Crippen MR) is 133 cm³/mol. The Morgan fingerprint density at radius 3 is 2.19 bits per heavy atom. The van der Waals surface area contributed by atoms with Crippen LogP contribution < -0.4 is 10.3 Å². The van der Waals surface area contributed by atoms with Crippen molar-refractivity contribution in [2.75, 3.05) is 31.1 Å². The van der Waals surface area contributed by atoms with Crippen LogP contribution in [0.15, 0.2) is 69.9 Å². The highest BCUT2D eigenvalue weighted by molar-refractivity contribution is 6.30. The Kier molecular flexibility index (Phi) is 6.59. The fourth-order valence-corrected chi connectivity index (χ4v) is 4.70. The van der Waals surface area contributed by atoms with E-state index in [9.17, 15) is 27.5 Å². The van der Waals surface area contributed by atoms with E-state index in [1.165, 1.54) is 48.5 Å². The van der Waals surface area contributed by atoms with E-state index in [0.717, 1.165) is 5.69 Å². The topological polar surface area (TPSA) is 56.9 Å². The highest BCUT2D eigenvalue weighted by Crippen LogP contribution is 2.39. The first-order valence-electron chi connectivity index (χ1n) is 11.5. The van der Waals surface area contributed by atoms with Crippen LogP contribution in [0.4, 0.5) is 23.2 Å². The molecule has 1 aliphatic rings. The van der Waals surface area contributed by atoms with E-state index < -0.39 is 22.9 Å². The minimum atomic E-state index is -4.95. The standard InChI is InChI=1S/C27H21ClF4N2O3/c28-17-3-1-16(2-4-17)23-24(36)20-9-10-22(35)21(25(20)37-26(23)27(30,31)32)15-33-11-13-34(14-12-33)19-7-5-18(29)6-8-19/h1-10,35H,11-15H2. The smallest absolute Gasteiger partial charge is 0.450 e. The lowest BCUT2D eigenvalue weighted by Gasteiger charge is -2.36. The van der Waals surface area contributed by atoms with Crippen molar-refractivity contribution in [3.8, 4) is 16.9 Å². The number of fused-ring (bicyclic) bond motifs is 1. The van der Waals surface area contributed by atoms with Gasteiger partial charge in [-0.2, -0.15) is 13.2 Å². The number of nitrogens with zero attached hydrogens (tertiary/aromatic N) is 2. The molecule has 3 aromatic carbocycles. The molecule has 0 unspecified atom stereocenters. The lowest BCUT2D eigenvalue weighted by Crippen LogP contribution is -2.46. The molecule has 192 valence electrons. The van der Waals surface area contributed by atoms with Gasteiger partial charge in [0, 0.05) is 43.4 Å². The minimum absolute atomic E-state index is 0.0268. The number of piperazine rings is 1. The molecule has 1 fully saturated rings. The number of rotatable bonds is 4. The average molecular weight is 533 g/mol. The minimum Gasteiger partial charge on any atom is -0.507 e. The molecule has 0 aliphatic carbocycles. The summed E-state index contributed by atoms with van der Waals surface area (Å²) in [6.07, 6.45) is -4.95. The van der Waals surface area contributed by atoms with Crippen LogP contribution in [0, 0.1) is 5.82 Å². The van der Waals surface area contributed by atoms with E-state index in [4.69, 9.17) is 16.0 Å². The number of phenolic OH excluding ortho intramolecular Hbond substituents is 1.